The van der Waals surface area contributed by atoms with Gasteiger partial charge in [0.05, 0.1) is 19.3 Å². The lowest BCUT2D eigenvalue weighted by Crippen LogP contribution is -2.51. The van der Waals surface area contributed by atoms with Crippen LogP contribution in [0.2, 0.25) is 0 Å². The average Bonchev–Trinajstić information content (AvgIpc) is 2.37. The van der Waals surface area contributed by atoms with Crippen LogP contribution in [0.25, 0.3) is 0 Å². The van der Waals surface area contributed by atoms with Crippen LogP contribution in [0.5, 0.6) is 0 Å². The van der Waals surface area contributed by atoms with E-state index in [0.717, 1.165) is 25.9 Å². The van der Waals surface area contributed by atoms with E-state index in [9.17, 15) is 4.79 Å². The number of hydrogen-bond donors (Lipinski definition) is 1. The molecule has 0 bridgehead atoms. The summed E-state index contributed by atoms with van der Waals surface area (Å²) in [6.07, 6.45) is 2.25. The summed E-state index contributed by atoms with van der Waals surface area (Å²) in [5.41, 5.74) is 0. The molecule has 1 rings (SSSR count). The number of carbonyl (C=O) groups excluding carboxylic acids is 1. The summed E-state index contributed by atoms with van der Waals surface area (Å²) in [6, 6.07) is 0.325. The molecule has 0 spiro atoms. The molecule has 0 aliphatic carbocycles. The molecule has 0 aromatic heterocycles. The number of nitrogens with zero attached hydrogens (tertiary/aromatic N) is 1. The lowest BCUT2D eigenvalue weighted by Gasteiger charge is -2.32. The molecule has 1 aliphatic rings. The molecule has 0 saturated carbocycles. The molecule has 1 atom stereocenters. The van der Waals surface area contributed by atoms with Gasteiger partial charge in [-0.3, -0.25) is 4.79 Å². The molecule has 4 nitrogen and oxygen atoms in total. The predicted octanol–water partition coefficient (Wildman–Crippen LogP) is 2.28. The molecule has 1 fully saturated rings. The van der Waals surface area contributed by atoms with Crippen LogP contribution in [0.4, 0.5) is 0 Å². The number of ether oxygens (including phenoxy) is 1. The van der Waals surface area contributed by atoms with Crippen LogP contribution >= 0.6 is 0 Å². The van der Waals surface area contributed by atoms with Gasteiger partial charge in [0.15, 0.2) is 0 Å². The van der Waals surface area contributed by atoms with Gasteiger partial charge in [0.2, 0.25) is 5.91 Å². The summed E-state index contributed by atoms with van der Waals surface area (Å²) in [7, 11) is 0. The standard InChI is InChI=1S/C16H32N2O2/c1-12(2)10-15(11-13(3)4)17-14(5)16(19)18-6-8-20-9-7-18/h12-15,17H,6-11H2,1-5H3. The minimum Gasteiger partial charge on any atom is -0.378 e. The van der Waals surface area contributed by atoms with Crippen molar-refractivity contribution in [2.75, 3.05) is 26.3 Å². The first-order valence-electron chi connectivity index (χ1n) is 8.02. The zero-order valence-electron chi connectivity index (χ0n) is 13.8. The topological polar surface area (TPSA) is 41.6 Å². The molecule has 1 heterocycles. The number of morpholine rings is 1. The molecule has 118 valence electrons. The van der Waals surface area contributed by atoms with Gasteiger partial charge >= 0.3 is 0 Å². The summed E-state index contributed by atoms with van der Waals surface area (Å²) in [5, 5.41) is 3.54. The summed E-state index contributed by atoms with van der Waals surface area (Å²) < 4.78 is 5.30. The second-order valence-corrected chi connectivity index (χ2v) is 6.78. The Hall–Kier alpha value is -0.610. The van der Waals surface area contributed by atoms with Gasteiger partial charge in [-0.25, -0.2) is 0 Å². The molecule has 0 radical (unpaired) electrons. The third-order valence-corrected chi connectivity index (χ3v) is 3.69. The van der Waals surface area contributed by atoms with Crippen molar-refractivity contribution >= 4 is 5.91 Å². The highest BCUT2D eigenvalue weighted by atomic mass is 16.5. The van der Waals surface area contributed by atoms with Gasteiger partial charge in [-0.15, -0.1) is 0 Å². The van der Waals surface area contributed by atoms with Crippen molar-refractivity contribution in [3.05, 3.63) is 0 Å². The third-order valence-electron chi connectivity index (χ3n) is 3.69. The Labute approximate surface area is 124 Å². The van der Waals surface area contributed by atoms with Crippen molar-refractivity contribution in [1.82, 2.24) is 10.2 Å². The Morgan fingerprint density at radius 2 is 1.55 bits per heavy atom. The van der Waals surface area contributed by atoms with E-state index < -0.39 is 0 Å². The molecule has 0 aromatic carbocycles. The molecule has 20 heavy (non-hydrogen) atoms. The first kappa shape index (κ1) is 17.4. The van der Waals surface area contributed by atoms with E-state index >= 15 is 0 Å². The Kier molecular flexibility index (Phi) is 7.52. The summed E-state index contributed by atoms with van der Waals surface area (Å²) >= 11 is 0. The van der Waals surface area contributed by atoms with Crippen molar-refractivity contribution < 1.29 is 9.53 Å². The van der Waals surface area contributed by atoms with Gasteiger partial charge < -0.3 is 15.0 Å². The fourth-order valence-electron chi connectivity index (χ4n) is 2.85. The zero-order chi connectivity index (χ0) is 15.1. The number of carbonyl (C=O) groups is 1. The second kappa shape index (κ2) is 8.63. The molecule has 1 aliphatic heterocycles. The number of hydrogen-bond acceptors (Lipinski definition) is 3. The fourth-order valence-corrected chi connectivity index (χ4v) is 2.85. The minimum atomic E-state index is -0.101. The van der Waals surface area contributed by atoms with Crippen LogP contribution in [-0.2, 0) is 9.53 Å². The maximum Gasteiger partial charge on any atom is 0.239 e. The first-order valence-corrected chi connectivity index (χ1v) is 8.02. The maximum absolute atomic E-state index is 12.4. The Morgan fingerprint density at radius 1 is 1.05 bits per heavy atom. The lowest BCUT2D eigenvalue weighted by atomic mass is 9.95. The van der Waals surface area contributed by atoms with Gasteiger partial charge in [-0.2, -0.15) is 0 Å². The van der Waals surface area contributed by atoms with Crippen molar-refractivity contribution in [3.63, 3.8) is 0 Å². The Balaban J connectivity index is 2.50. The van der Waals surface area contributed by atoms with Crippen LogP contribution in [0.3, 0.4) is 0 Å². The summed E-state index contributed by atoms with van der Waals surface area (Å²) in [6.45, 7) is 13.7. The normalized spacial score (nSPS) is 18.1. The van der Waals surface area contributed by atoms with Gasteiger partial charge in [0.1, 0.15) is 0 Å². The van der Waals surface area contributed by atoms with E-state index in [1.165, 1.54) is 0 Å². The van der Waals surface area contributed by atoms with Crippen LogP contribution in [0, 0.1) is 11.8 Å². The number of nitrogens with one attached hydrogen (secondary N) is 1. The predicted molar refractivity (Wildman–Crippen MR) is 82.7 cm³/mol. The van der Waals surface area contributed by atoms with Gasteiger partial charge in [-0.1, -0.05) is 27.7 Å². The summed E-state index contributed by atoms with van der Waals surface area (Å²) in [5.74, 6) is 1.51. The maximum atomic E-state index is 12.4. The van der Waals surface area contributed by atoms with Crippen LogP contribution in [0.15, 0.2) is 0 Å². The van der Waals surface area contributed by atoms with Crippen LogP contribution in [0.1, 0.15) is 47.5 Å². The molecular weight excluding hydrogens is 252 g/mol. The van der Waals surface area contributed by atoms with Gasteiger partial charge in [-0.05, 0) is 31.6 Å². The Bertz CT molecular complexity index is 276. The highest BCUT2D eigenvalue weighted by Crippen LogP contribution is 2.14. The third kappa shape index (κ3) is 6.23. The molecule has 4 heteroatoms. The van der Waals surface area contributed by atoms with Crippen LogP contribution in [-0.4, -0.2) is 49.2 Å². The summed E-state index contributed by atoms with van der Waals surface area (Å²) in [4.78, 5) is 14.3. The molecule has 0 aromatic rings. The van der Waals surface area contributed by atoms with Crippen molar-refractivity contribution in [2.24, 2.45) is 11.8 Å². The van der Waals surface area contributed by atoms with Gasteiger partial charge in [0.25, 0.3) is 0 Å². The monoisotopic (exact) mass is 284 g/mol. The highest BCUT2D eigenvalue weighted by molar-refractivity contribution is 5.81. The fraction of sp³-hybridized carbons (Fsp3) is 0.938. The van der Waals surface area contributed by atoms with Crippen molar-refractivity contribution in [2.45, 2.75) is 59.5 Å². The zero-order valence-corrected chi connectivity index (χ0v) is 13.8. The van der Waals surface area contributed by atoms with Crippen molar-refractivity contribution in [1.29, 1.82) is 0 Å². The quantitative estimate of drug-likeness (QED) is 0.780. The highest BCUT2D eigenvalue weighted by Gasteiger charge is 2.24. The second-order valence-electron chi connectivity index (χ2n) is 6.78. The lowest BCUT2D eigenvalue weighted by molar-refractivity contribution is -0.137. The van der Waals surface area contributed by atoms with E-state index in [4.69, 9.17) is 4.74 Å². The molecule has 1 saturated heterocycles. The molecule has 1 unspecified atom stereocenters. The minimum absolute atomic E-state index is 0.101. The Morgan fingerprint density at radius 3 is 2.00 bits per heavy atom. The largest absolute Gasteiger partial charge is 0.378 e. The number of amides is 1. The van der Waals surface area contributed by atoms with E-state index in [-0.39, 0.29) is 11.9 Å². The van der Waals surface area contributed by atoms with E-state index in [2.05, 4.69) is 33.0 Å². The van der Waals surface area contributed by atoms with Gasteiger partial charge in [0, 0.05) is 19.1 Å². The smallest absolute Gasteiger partial charge is 0.239 e. The van der Waals surface area contributed by atoms with Crippen molar-refractivity contribution in [3.8, 4) is 0 Å². The first-order chi connectivity index (χ1) is 9.40. The van der Waals surface area contributed by atoms with E-state index in [0.29, 0.717) is 31.1 Å². The van der Waals surface area contributed by atoms with E-state index in [1.54, 1.807) is 0 Å². The number of rotatable bonds is 7. The molecular formula is C16H32N2O2. The molecule has 1 N–H and O–H groups in total. The molecule has 1 amide bonds. The average molecular weight is 284 g/mol. The SMILES string of the molecule is CC(C)CC(CC(C)C)NC(C)C(=O)N1CCOCC1. The van der Waals surface area contributed by atoms with E-state index in [1.807, 2.05) is 11.8 Å². The van der Waals surface area contributed by atoms with Crippen LogP contribution < -0.4 is 5.32 Å².